The largest absolute Gasteiger partial charge is 0.510 e. The Bertz CT molecular complexity index is 6000. The van der Waals surface area contributed by atoms with E-state index in [1.165, 1.54) is 71.3 Å². The summed E-state index contributed by atoms with van der Waals surface area (Å²) in [5.74, 6) is 1.92. The Morgan fingerprint density at radius 2 is 0.909 bits per heavy atom. The molecule has 0 N–H and O–H groups in total. The predicted molar refractivity (Wildman–Crippen MR) is 407 cm³/mol. The zero-order valence-electron chi connectivity index (χ0n) is 58.2. The van der Waals surface area contributed by atoms with Gasteiger partial charge < -0.3 is 18.3 Å². The maximum Gasteiger partial charge on any atom is 0.268 e. The zero-order valence-corrected chi connectivity index (χ0v) is 60.5. The molecule has 6 nitrogen and oxygen atoms in total. The molecule has 0 amide bonds. The molecule has 0 atom stereocenters. The minimum atomic E-state index is -0.158. The predicted octanol–water partition coefficient (Wildman–Crippen LogP) is 23.5. The van der Waals surface area contributed by atoms with E-state index in [2.05, 4.69) is 331 Å². The number of rotatable bonds is 7. The fourth-order valence-electron chi connectivity index (χ4n) is 17.0. The van der Waals surface area contributed by atoms with Crippen molar-refractivity contribution < 1.29 is 30.4 Å². The second-order valence-electron chi connectivity index (χ2n) is 31.6. The van der Waals surface area contributed by atoms with Gasteiger partial charge >= 0.3 is 0 Å². The Morgan fingerprint density at radius 1 is 0.424 bits per heavy atom. The van der Waals surface area contributed by atoms with Crippen LogP contribution in [0.1, 0.15) is 130 Å². The van der Waals surface area contributed by atoms with E-state index in [4.69, 9.17) is 9.72 Å². The third kappa shape index (κ3) is 9.81. The van der Waals surface area contributed by atoms with Crippen LogP contribution in [0.15, 0.2) is 231 Å². The third-order valence-corrected chi connectivity index (χ3v) is 22.6. The van der Waals surface area contributed by atoms with Crippen LogP contribution in [0.2, 0.25) is 0 Å². The molecule has 7 heteroatoms. The number of para-hydroxylation sites is 5. The van der Waals surface area contributed by atoms with Crippen LogP contribution in [-0.4, -0.2) is 18.5 Å². The van der Waals surface area contributed by atoms with Gasteiger partial charge in [0.1, 0.15) is 5.82 Å². The summed E-state index contributed by atoms with van der Waals surface area (Å²) in [6, 6.07) is 91.0. The van der Waals surface area contributed by atoms with Crippen molar-refractivity contribution in [2.45, 2.75) is 129 Å². The number of aromatic nitrogens is 5. The van der Waals surface area contributed by atoms with Crippen LogP contribution in [0.4, 0.5) is 0 Å². The van der Waals surface area contributed by atoms with E-state index < -0.39 is 0 Å². The van der Waals surface area contributed by atoms with Crippen molar-refractivity contribution in [2.24, 2.45) is 0 Å². The molecular formula is C92H79N5OPt-2. The molecule has 2 aliphatic carbocycles. The van der Waals surface area contributed by atoms with Crippen LogP contribution in [0.3, 0.4) is 0 Å². The number of benzene rings is 11. The van der Waals surface area contributed by atoms with Crippen LogP contribution in [0.5, 0.6) is 11.5 Å². The standard InChI is InChI=1S/C92H79N5O.Pt/c1-88(2,3)59-45-50-93-83(53-59)96-82-55-62(39-40-70(82)74-42-41-73-68-28-15-13-26-66(68)65-25-12-14-27-67(65)71-32-22-33-72-69-29-16-17-34-79(69)97(85(71)72)87(73)86(74)96)98-61-24-20-23-60(54-61)94-56-95(81-36-19-18-35-80(81)94)84-63(57-37-43-75-77(51-57)91(8,9)48-46-89(75,4)5)30-21-31-64(84)58-38-44-76-78(52-58)92(10,11)49-47-90(76,6)7;/h12-45,50-53H,46-49H2,1-11H3;/q-2;. The Kier molecular flexibility index (Phi) is 14.3. The van der Waals surface area contributed by atoms with Gasteiger partial charge in [-0.25, -0.2) is 4.98 Å². The van der Waals surface area contributed by atoms with Crippen LogP contribution in [0, 0.1) is 18.5 Å². The molecule has 0 spiro atoms. The maximum absolute atomic E-state index is 7.13. The van der Waals surface area contributed by atoms with E-state index >= 15 is 0 Å². The van der Waals surface area contributed by atoms with Crippen molar-refractivity contribution in [1.29, 1.82) is 0 Å². The van der Waals surface area contributed by atoms with Gasteiger partial charge in [0.15, 0.2) is 0 Å². The van der Waals surface area contributed by atoms with Gasteiger partial charge in [-0.2, -0.15) is 18.2 Å². The number of imidazole rings is 1. The number of nitrogens with zero attached hydrogens (tertiary/aromatic N) is 5. The van der Waals surface area contributed by atoms with Crippen LogP contribution >= 0.6 is 0 Å². The van der Waals surface area contributed by atoms with Gasteiger partial charge in [0.2, 0.25) is 0 Å². The normalized spacial score (nSPS) is 15.5. The molecule has 5 aromatic heterocycles. The molecule has 5 heterocycles. The van der Waals surface area contributed by atoms with E-state index in [0.29, 0.717) is 11.5 Å². The first-order valence-electron chi connectivity index (χ1n) is 35.0. The van der Waals surface area contributed by atoms with Crippen molar-refractivity contribution >= 4 is 92.5 Å². The van der Waals surface area contributed by atoms with Gasteiger partial charge in [0, 0.05) is 60.3 Å². The Morgan fingerprint density at radius 3 is 1.53 bits per heavy atom. The topological polar surface area (TPSA) is 40.3 Å². The zero-order chi connectivity index (χ0) is 66.9. The van der Waals surface area contributed by atoms with E-state index in [9.17, 15) is 0 Å². The van der Waals surface area contributed by atoms with Gasteiger partial charge in [-0.05, 0) is 154 Å². The van der Waals surface area contributed by atoms with Gasteiger partial charge in [0.25, 0.3) is 6.33 Å². The van der Waals surface area contributed by atoms with Crippen molar-refractivity contribution in [2.75, 3.05) is 0 Å². The van der Waals surface area contributed by atoms with Crippen LogP contribution < -0.4 is 9.30 Å². The number of hydrogen-bond acceptors (Lipinski definition) is 2. The molecule has 16 aromatic rings. The minimum Gasteiger partial charge on any atom is -0.510 e. The second kappa shape index (κ2) is 22.6. The molecule has 0 aliphatic heterocycles. The van der Waals surface area contributed by atoms with Crippen LogP contribution in [-0.2, 0) is 48.1 Å². The first kappa shape index (κ1) is 62.6. The third-order valence-electron chi connectivity index (χ3n) is 22.6. The molecule has 18 rings (SSSR count). The summed E-state index contributed by atoms with van der Waals surface area (Å²) in [7, 11) is 0. The molecule has 99 heavy (non-hydrogen) atoms. The molecular weight excluding hydrogens is 1390 g/mol. The first-order chi connectivity index (χ1) is 47.2. The van der Waals surface area contributed by atoms with Gasteiger partial charge in [-0.3, -0.25) is 4.57 Å². The fourth-order valence-corrected chi connectivity index (χ4v) is 17.0. The molecule has 0 fully saturated rings. The fraction of sp³-hybridized carbons (Fsp3) is 0.217. The summed E-state index contributed by atoms with van der Waals surface area (Å²) in [5.41, 5.74) is 20.9. The summed E-state index contributed by atoms with van der Waals surface area (Å²) in [4.78, 5) is 5.31. The average molecular weight is 1470 g/mol. The number of pyridine rings is 1. The van der Waals surface area contributed by atoms with Crippen molar-refractivity contribution in [1.82, 2.24) is 18.5 Å². The van der Waals surface area contributed by atoms with Gasteiger partial charge in [-0.1, -0.05) is 258 Å². The maximum atomic E-state index is 7.13. The quantitative estimate of drug-likeness (QED) is 0.118. The SMILES string of the molecule is CC(C)(C)c1ccnc(-n2c3[c-]c(Oc4[c-]c(-n5[c-][n+](-c6c(-c7ccc8c(c7)C(C)(C)CCC8(C)C)cccc6-c6ccc7c(c6)C(C)(C)CCC7(C)C)c6ccccc65)ccc4)ccc3c3ccc4c5ccccc5c5ccccc5c5cccc6c7ccccc7n(c56)c4c32)c1.[Pt]. The molecule has 490 valence electrons. The molecule has 11 aromatic carbocycles. The Balaban J connectivity index is 0.00000735. The van der Waals surface area contributed by atoms with Crippen molar-refractivity contribution in [3.05, 3.63) is 277 Å². The summed E-state index contributed by atoms with van der Waals surface area (Å²) < 4.78 is 16.5. The number of ether oxygens (including phenoxy) is 1. The van der Waals surface area contributed by atoms with E-state index in [0.717, 1.165) is 114 Å². The van der Waals surface area contributed by atoms with E-state index in [1.807, 2.05) is 12.3 Å². The smallest absolute Gasteiger partial charge is 0.268 e. The van der Waals surface area contributed by atoms with Gasteiger partial charge in [-0.15, -0.1) is 29.7 Å². The summed E-state index contributed by atoms with van der Waals surface area (Å²) in [5, 5.41) is 11.5. The van der Waals surface area contributed by atoms with Gasteiger partial charge in [0.05, 0.1) is 38.8 Å². The molecule has 0 radical (unpaired) electrons. The number of fused-ring (bicyclic) bond motifs is 17. The second-order valence-corrected chi connectivity index (χ2v) is 31.6. The van der Waals surface area contributed by atoms with Crippen molar-refractivity contribution in [3.8, 4) is 50.9 Å². The average Bonchev–Trinajstić information content (AvgIpc) is 1.55. The molecule has 0 bridgehead atoms. The molecule has 0 saturated carbocycles. The molecule has 0 unspecified atom stereocenters. The molecule has 0 saturated heterocycles. The van der Waals surface area contributed by atoms with E-state index in [1.54, 1.807) is 0 Å². The monoisotopic (exact) mass is 1460 g/mol. The van der Waals surface area contributed by atoms with Crippen LogP contribution in [0.25, 0.3) is 132 Å². The number of hydrogen-bond donors (Lipinski definition) is 0. The molecule has 2 aliphatic rings. The summed E-state index contributed by atoms with van der Waals surface area (Å²) in [6.45, 7) is 26.2. The first-order valence-corrected chi connectivity index (χ1v) is 35.0. The summed E-state index contributed by atoms with van der Waals surface area (Å²) >= 11 is 0. The van der Waals surface area contributed by atoms with E-state index in [-0.39, 0.29) is 48.1 Å². The van der Waals surface area contributed by atoms with Crippen molar-refractivity contribution in [3.63, 3.8) is 0 Å². The Hall–Kier alpha value is -9.87. The summed E-state index contributed by atoms with van der Waals surface area (Å²) in [6.07, 6.45) is 10.6. The Labute approximate surface area is 594 Å². The minimum absolute atomic E-state index is 0.